The summed E-state index contributed by atoms with van der Waals surface area (Å²) in [5.74, 6) is 0.563. The lowest BCUT2D eigenvalue weighted by Crippen LogP contribution is -2.48. The summed E-state index contributed by atoms with van der Waals surface area (Å²) in [6.45, 7) is 5.80. The van der Waals surface area contributed by atoms with Crippen molar-refractivity contribution in [2.24, 2.45) is 0 Å². The maximum atomic E-state index is 12.9. The van der Waals surface area contributed by atoms with Gasteiger partial charge in [0.15, 0.2) is 0 Å². The Labute approximate surface area is 128 Å². The standard InChI is InChI=1S/C17H19N3O2/c1-11(2)16-18-14-9-5-4-8-13(14)17(22)20(16)19-12(3)7-6-10-15(19)21/h4-5,7-9,11H,6,10H2,1-3H3. The Morgan fingerprint density at radius 1 is 1.18 bits per heavy atom. The van der Waals surface area contributed by atoms with E-state index in [1.165, 1.54) is 9.69 Å². The normalized spacial score (nSPS) is 15.5. The highest BCUT2D eigenvalue weighted by atomic mass is 16.2. The third-order valence-corrected chi connectivity index (χ3v) is 3.86. The number of nitrogens with zero attached hydrogens (tertiary/aromatic N) is 3. The van der Waals surface area contributed by atoms with Crippen LogP contribution < -0.4 is 10.6 Å². The zero-order valence-corrected chi connectivity index (χ0v) is 13.0. The first-order valence-electron chi connectivity index (χ1n) is 7.52. The van der Waals surface area contributed by atoms with Crippen molar-refractivity contribution in [2.45, 2.75) is 39.5 Å². The van der Waals surface area contributed by atoms with E-state index < -0.39 is 0 Å². The summed E-state index contributed by atoms with van der Waals surface area (Å²) in [6.07, 6.45) is 3.11. The van der Waals surface area contributed by atoms with Gasteiger partial charge in [0.1, 0.15) is 5.82 Å². The highest BCUT2D eigenvalue weighted by Gasteiger charge is 2.26. The number of aromatic nitrogens is 2. The van der Waals surface area contributed by atoms with Crippen LogP contribution in [0.3, 0.4) is 0 Å². The minimum absolute atomic E-state index is 0.0276. The van der Waals surface area contributed by atoms with Gasteiger partial charge in [0.25, 0.3) is 5.56 Å². The van der Waals surface area contributed by atoms with E-state index in [1.54, 1.807) is 6.07 Å². The Bertz CT molecular complexity index is 833. The molecule has 0 aliphatic carbocycles. The highest BCUT2D eigenvalue weighted by molar-refractivity contribution is 5.90. The molecule has 0 radical (unpaired) electrons. The Balaban J connectivity index is 2.36. The number of benzene rings is 1. The molecular weight excluding hydrogens is 278 g/mol. The van der Waals surface area contributed by atoms with E-state index in [9.17, 15) is 9.59 Å². The van der Waals surface area contributed by atoms with Crippen LogP contribution in [0.5, 0.6) is 0 Å². The minimum Gasteiger partial charge on any atom is -0.273 e. The smallest absolute Gasteiger partial charge is 0.273 e. The zero-order valence-electron chi connectivity index (χ0n) is 13.0. The van der Waals surface area contributed by atoms with Gasteiger partial charge in [0, 0.05) is 18.0 Å². The molecule has 0 unspecified atom stereocenters. The number of fused-ring (bicyclic) bond motifs is 1. The summed E-state index contributed by atoms with van der Waals surface area (Å²) < 4.78 is 1.44. The molecule has 0 fully saturated rings. The largest absolute Gasteiger partial charge is 0.280 e. The van der Waals surface area contributed by atoms with Crippen molar-refractivity contribution in [3.8, 4) is 0 Å². The number of hydrogen-bond donors (Lipinski definition) is 0. The zero-order chi connectivity index (χ0) is 15.9. The molecule has 5 heteroatoms. The van der Waals surface area contributed by atoms with E-state index in [-0.39, 0.29) is 17.4 Å². The third kappa shape index (κ3) is 2.22. The molecule has 0 spiro atoms. The third-order valence-electron chi connectivity index (χ3n) is 3.86. The van der Waals surface area contributed by atoms with Gasteiger partial charge in [-0.25, -0.2) is 9.99 Å². The Morgan fingerprint density at radius 3 is 2.59 bits per heavy atom. The molecule has 1 aromatic carbocycles. The van der Waals surface area contributed by atoms with Gasteiger partial charge in [-0.15, -0.1) is 0 Å². The van der Waals surface area contributed by atoms with Crippen molar-refractivity contribution in [1.29, 1.82) is 0 Å². The second-order valence-electron chi connectivity index (χ2n) is 5.85. The fourth-order valence-electron chi connectivity index (χ4n) is 2.77. The first kappa shape index (κ1) is 14.5. The lowest BCUT2D eigenvalue weighted by molar-refractivity contribution is -0.119. The SMILES string of the molecule is CC1=CCCC(=O)N1n1c(C(C)C)nc2ccccc2c1=O. The van der Waals surface area contributed by atoms with Crippen LogP contribution in [-0.2, 0) is 4.79 Å². The number of amides is 1. The Morgan fingerprint density at radius 2 is 1.91 bits per heavy atom. The molecule has 1 amide bonds. The maximum absolute atomic E-state index is 12.9. The van der Waals surface area contributed by atoms with E-state index in [0.717, 1.165) is 5.70 Å². The summed E-state index contributed by atoms with van der Waals surface area (Å²) >= 11 is 0. The molecule has 1 aromatic heterocycles. The molecule has 3 rings (SSSR count). The van der Waals surface area contributed by atoms with Crippen LogP contribution >= 0.6 is 0 Å². The van der Waals surface area contributed by atoms with Gasteiger partial charge in [-0.2, -0.15) is 4.68 Å². The molecule has 0 atom stereocenters. The molecule has 2 heterocycles. The fourth-order valence-corrected chi connectivity index (χ4v) is 2.77. The van der Waals surface area contributed by atoms with Crippen LogP contribution in [0.2, 0.25) is 0 Å². The van der Waals surface area contributed by atoms with Crippen LogP contribution in [0.4, 0.5) is 0 Å². The molecular formula is C17H19N3O2. The summed E-state index contributed by atoms with van der Waals surface area (Å²) in [5, 5.41) is 2.00. The number of allylic oxidation sites excluding steroid dienone is 2. The summed E-state index contributed by atoms with van der Waals surface area (Å²) in [4.78, 5) is 29.9. The molecule has 0 saturated carbocycles. The van der Waals surface area contributed by atoms with Gasteiger partial charge in [-0.1, -0.05) is 32.1 Å². The maximum Gasteiger partial charge on any atom is 0.280 e. The number of carbonyl (C=O) groups is 1. The molecule has 1 aliphatic heterocycles. The van der Waals surface area contributed by atoms with Gasteiger partial charge in [-0.05, 0) is 25.5 Å². The predicted molar refractivity (Wildman–Crippen MR) is 86.3 cm³/mol. The predicted octanol–water partition coefficient (Wildman–Crippen LogP) is 2.68. The van der Waals surface area contributed by atoms with E-state index in [4.69, 9.17) is 0 Å². The van der Waals surface area contributed by atoms with Crippen LogP contribution in [0.15, 0.2) is 40.8 Å². The number of hydrogen-bond acceptors (Lipinski definition) is 3. The van der Waals surface area contributed by atoms with Crippen LogP contribution in [0, 0.1) is 0 Å². The summed E-state index contributed by atoms with van der Waals surface area (Å²) in [7, 11) is 0. The molecule has 22 heavy (non-hydrogen) atoms. The van der Waals surface area contributed by atoms with Crippen molar-refractivity contribution < 1.29 is 4.79 Å². The average Bonchev–Trinajstić information content (AvgIpc) is 2.48. The highest BCUT2D eigenvalue weighted by Crippen LogP contribution is 2.20. The van der Waals surface area contributed by atoms with Crippen molar-refractivity contribution in [2.75, 3.05) is 5.01 Å². The lowest BCUT2D eigenvalue weighted by Gasteiger charge is -2.30. The molecule has 0 bridgehead atoms. The topological polar surface area (TPSA) is 55.2 Å². The monoisotopic (exact) mass is 297 g/mol. The Hall–Kier alpha value is -2.43. The van der Waals surface area contributed by atoms with Crippen LogP contribution in [0.1, 0.15) is 45.4 Å². The van der Waals surface area contributed by atoms with Gasteiger partial charge in [-0.3, -0.25) is 9.59 Å². The van der Waals surface area contributed by atoms with Gasteiger partial charge in [0.05, 0.1) is 10.9 Å². The average molecular weight is 297 g/mol. The summed E-state index contributed by atoms with van der Waals surface area (Å²) in [5.41, 5.74) is 1.24. The van der Waals surface area contributed by atoms with Crippen LogP contribution in [0.25, 0.3) is 10.9 Å². The van der Waals surface area contributed by atoms with Crippen molar-refractivity contribution >= 4 is 16.8 Å². The second-order valence-corrected chi connectivity index (χ2v) is 5.85. The van der Waals surface area contributed by atoms with E-state index in [1.807, 2.05) is 45.0 Å². The molecule has 5 nitrogen and oxygen atoms in total. The number of para-hydroxylation sites is 1. The van der Waals surface area contributed by atoms with E-state index in [0.29, 0.717) is 29.6 Å². The molecule has 1 aliphatic rings. The fraction of sp³-hybridized carbons (Fsp3) is 0.353. The lowest BCUT2D eigenvalue weighted by atomic mass is 10.1. The number of rotatable bonds is 2. The van der Waals surface area contributed by atoms with E-state index >= 15 is 0 Å². The Kier molecular flexibility index (Phi) is 3.56. The number of carbonyl (C=O) groups excluding carboxylic acids is 1. The first-order valence-corrected chi connectivity index (χ1v) is 7.52. The molecule has 0 N–H and O–H groups in total. The quantitative estimate of drug-likeness (QED) is 0.856. The first-order chi connectivity index (χ1) is 10.5. The van der Waals surface area contributed by atoms with Crippen LogP contribution in [-0.4, -0.2) is 15.6 Å². The van der Waals surface area contributed by atoms with Crippen molar-refractivity contribution in [3.05, 3.63) is 52.2 Å². The van der Waals surface area contributed by atoms with Gasteiger partial charge < -0.3 is 0 Å². The van der Waals surface area contributed by atoms with Crippen molar-refractivity contribution in [3.63, 3.8) is 0 Å². The minimum atomic E-state index is -0.197. The molecule has 2 aromatic rings. The second kappa shape index (κ2) is 5.40. The van der Waals surface area contributed by atoms with Gasteiger partial charge >= 0.3 is 0 Å². The van der Waals surface area contributed by atoms with Crippen molar-refractivity contribution in [1.82, 2.24) is 9.66 Å². The summed E-state index contributed by atoms with van der Waals surface area (Å²) in [6, 6.07) is 7.25. The molecule has 114 valence electrons. The molecule has 0 saturated heterocycles. The van der Waals surface area contributed by atoms with Gasteiger partial charge in [0.2, 0.25) is 5.91 Å². The van der Waals surface area contributed by atoms with E-state index in [2.05, 4.69) is 4.98 Å².